The van der Waals surface area contributed by atoms with E-state index in [-0.39, 0.29) is 16.7 Å². The highest BCUT2D eigenvalue weighted by molar-refractivity contribution is 6.31. The summed E-state index contributed by atoms with van der Waals surface area (Å²) in [6.45, 7) is 0. The Morgan fingerprint density at radius 2 is 2.17 bits per heavy atom. The smallest absolute Gasteiger partial charge is 0.395 e. The standard InChI is InChI=1S/C6H2ClF2NO2/c7-5-4-3(1-2-10-5)11-6(8,9)12-4/h1-2H. The van der Waals surface area contributed by atoms with Crippen LogP contribution in [-0.2, 0) is 0 Å². The third-order valence-corrected chi connectivity index (χ3v) is 1.54. The number of rotatable bonds is 0. The van der Waals surface area contributed by atoms with E-state index in [1.165, 1.54) is 12.3 Å². The Kier molecular flexibility index (Phi) is 1.38. The largest absolute Gasteiger partial charge is 0.586 e. The van der Waals surface area contributed by atoms with Crippen molar-refractivity contribution in [1.29, 1.82) is 0 Å². The number of hydrogen-bond acceptors (Lipinski definition) is 3. The van der Waals surface area contributed by atoms with Gasteiger partial charge in [0, 0.05) is 12.3 Å². The van der Waals surface area contributed by atoms with Gasteiger partial charge in [-0.1, -0.05) is 11.6 Å². The van der Waals surface area contributed by atoms with Crippen LogP contribution < -0.4 is 9.47 Å². The summed E-state index contributed by atoms with van der Waals surface area (Å²) >= 11 is 5.45. The molecule has 0 amide bonds. The minimum atomic E-state index is -3.63. The third kappa shape index (κ3) is 1.06. The highest BCUT2D eigenvalue weighted by atomic mass is 35.5. The van der Waals surface area contributed by atoms with E-state index in [1.54, 1.807) is 0 Å². The van der Waals surface area contributed by atoms with Gasteiger partial charge in [-0.3, -0.25) is 0 Å². The van der Waals surface area contributed by atoms with Gasteiger partial charge >= 0.3 is 6.29 Å². The Labute approximate surface area is 70.9 Å². The lowest BCUT2D eigenvalue weighted by molar-refractivity contribution is -0.286. The van der Waals surface area contributed by atoms with E-state index in [9.17, 15) is 8.78 Å². The summed E-state index contributed by atoms with van der Waals surface area (Å²) in [4.78, 5) is 3.54. The Balaban J connectivity index is 2.48. The maximum Gasteiger partial charge on any atom is 0.586 e. The number of aromatic nitrogens is 1. The van der Waals surface area contributed by atoms with Crippen LogP contribution in [0.3, 0.4) is 0 Å². The zero-order valence-electron chi connectivity index (χ0n) is 5.55. The van der Waals surface area contributed by atoms with Crippen LogP contribution in [0.1, 0.15) is 0 Å². The summed E-state index contributed by atoms with van der Waals surface area (Å²) in [6.07, 6.45) is -2.37. The van der Waals surface area contributed by atoms with Gasteiger partial charge in [0.1, 0.15) is 0 Å². The molecule has 1 aliphatic rings. The summed E-state index contributed by atoms with van der Waals surface area (Å²) in [5.74, 6) is -0.316. The molecular formula is C6H2ClF2NO2. The molecule has 0 fully saturated rings. The molecule has 0 bridgehead atoms. The molecule has 0 atom stereocenters. The van der Waals surface area contributed by atoms with Crippen molar-refractivity contribution >= 4 is 11.6 Å². The molecule has 12 heavy (non-hydrogen) atoms. The number of nitrogens with zero attached hydrogens (tertiary/aromatic N) is 1. The van der Waals surface area contributed by atoms with Crippen LogP contribution in [0.15, 0.2) is 12.3 Å². The molecule has 2 heterocycles. The molecule has 0 spiro atoms. The molecule has 1 aliphatic heterocycles. The second-order valence-corrected chi connectivity index (χ2v) is 2.45. The van der Waals surface area contributed by atoms with Crippen LogP contribution in [0.25, 0.3) is 0 Å². The fourth-order valence-electron chi connectivity index (χ4n) is 0.847. The van der Waals surface area contributed by atoms with Crippen molar-refractivity contribution in [2.24, 2.45) is 0 Å². The molecule has 0 aromatic carbocycles. The Hall–Kier alpha value is -1.10. The number of hydrogen-bond donors (Lipinski definition) is 0. The predicted molar refractivity (Wildman–Crippen MR) is 35.5 cm³/mol. The molecule has 1 aromatic heterocycles. The van der Waals surface area contributed by atoms with Gasteiger partial charge in [-0.2, -0.15) is 0 Å². The van der Waals surface area contributed by atoms with Crippen molar-refractivity contribution in [3.05, 3.63) is 17.4 Å². The lowest BCUT2D eigenvalue weighted by Crippen LogP contribution is -2.26. The van der Waals surface area contributed by atoms with Crippen molar-refractivity contribution in [2.45, 2.75) is 6.29 Å². The summed E-state index contributed by atoms with van der Waals surface area (Å²) < 4.78 is 32.9. The topological polar surface area (TPSA) is 31.4 Å². The van der Waals surface area contributed by atoms with Crippen LogP contribution in [0.2, 0.25) is 5.15 Å². The lowest BCUT2D eigenvalue weighted by atomic mass is 10.4. The lowest BCUT2D eigenvalue weighted by Gasteiger charge is -2.04. The van der Waals surface area contributed by atoms with Gasteiger partial charge in [-0.25, -0.2) is 4.98 Å². The summed E-state index contributed by atoms with van der Waals surface area (Å²) in [7, 11) is 0. The minimum Gasteiger partial charge on any atom is -0.395 e. The Bertz CT molecular complexity index is 331. The van der Waals surface area contributed by atoms with Gasteiger partial charge in [0.15, 0.2) is 10.9 Å². The fraction of sp³-hybridized carbons (Fsp3) is 0.167. The maximum atomic E-state index is 12.4. The molecule has 0 N–H and O–H groups in total. The number of fused-ring (bicyclic) bond motifs is 1. The van der Waals surface area contributed by atoms with Gasteiger partial charge in [0.05, 0.1) is 0 Å². The van der Waals surface area contributed by atoms with Gasteiger partial charge in [0.25, 0.3) is 0 Å². The average Bonchev–Trinajstić information content (AvgIpc) is 2.25. The van der Waals surface area contributed by atoms with E-state index in [4.69, 9.17) is 11.6 Å². The van der Waals surface area contributed by atoms with Crippen LogP contribution >= 0.6 is 11.6 Å². The molecule has 0 aliphatic carbocycles. The highest BCUT2D eigenvalue weighted by Gasteiger charge is 2.44. The molecule has 6 heteroatoms. The van der Waals surface area contributed by atoms with Crippen molar-refractivity contribution in [1.82, 2.24) is 4.98 Å². The monoisotopic (exact) mass is 193 g/mol. The molecule has 0 unspecified atom stereocenters. The predicted octanol–water partition coefficient (Wildman–Crippen LogP) is 2.06. The first-order valence-corrected chi connectivity index (χ1v) is 3.37. The molecule has 0 radical (unpaired) electrons. The third-order valence-electron chi connectivity index (χ3n) is 1.27. The van der Waals surface area contributed by atoms with Gasteiger partial charge < -0.3 is 9.47 Å². The summed E-state index contributed by atoms with van der Waals surface area (Å²) in [6, 6.07) is 1.25. The van der Waals surface area contributed by atoms with Crippen molar-refractivity contribution in [3.63, 3.8) is 0 Å². The highest BCUT2D eigenvalue weighted by Crippen LogP contribution is 2.43. The van der Waals surface area contributed by atoms with Gasteiger partial charge in [-0.15, -0.1) is 8.78 Å². The zero-order chi connectivity index (χ0) is 8.77. The van der Waals surface area contributed by atoms with E-state index in [2.05, 4.69) is 14.5 Å². The summed E-state index contributed by atoms with van der Waals surface area (Å²) in [5, 5.41) is -0.135. The molecule has 1 aromatic rings. The van der Waals surface area contributed by atoms with Crippen LogP contribution in [0.4, 0.5) is 8.78 Å². The molecule has 0 saturated heterocycles. The molecule has 0 saturated carbocycles. The number of ether oxygens (including phenoxy) is 2. The molecular weight excluding hydrogens is 192 g/mol. The second-order valence-electron chi connectivity index (χ2n) is 2.10. The molecule has 2 rings (SSSR count). The second kappa shape index (κ2) is 2.20. The summed E-state index contributed by atoms with van der Waals surface area (Å²) in [5.41, 5.74) is 0. The number of alkyl halides is 2. The Morgan fingerprint density at radius 3 is 2.83 bits per heavy atom. The minimum absolute atomic E-state index is 0.0972. The fourth-order valence-corrected chi connectivity index (χ4v) is 1.03. The average molecular weight is 194 g/mol. The van der Waals surface area contributed by atoms with E-state index in [0.29, 0.717) is 0 Å². The van der Waals surface area contributed by atoms with E-state index < -0.39 is 6.29 Å². The first kappa shape index (κ1) is 7.54. The quantitative estimate of drug-likeness (QED) is 0.591. The first-order chi connectivity index (χ1) is 5.58. The van der Waals surface area contributed by atoms with E-state index in [0.717, 1.165) is 0 Å². The van der Waals surface area contributed by atoms with Crippen LogP contribution in [0.5, 0.6) is 11.5 Å². The molecule has 64 valence electrons. The van der Waals surface area contributed by atoms with Crippen molar-refractivity contribution in [2.75, 3.05) is 0 Å². The maximum absolute atomic E-state index is 12.4. The normalized spacial score (nSPS) is 17.9. The first-order valence-electron chi connectivity index (χ1n) is 2.99. The Morgan fingerprint density at radius 1 is 1.42 bits per heavy atom. The van der Waals surface area contributed by atoms with Crippen LogP contribution in [0, 0.1) is 0 Å². The number of pyridine rings is 1. The van der Waals surface area contributed by atoms with Gasteiger partial charge in [-0.05, 0) is 0 Å². The van der Waals surface area contributed by atoms with Crippen LogP contribution in [-0.4, -0.2) is 11.3 Å². The zero-order valence-corrected chi connectivity index (χ0v) is 6.31. The van der Waals surface area contributed by atoms with E-state index in [1.807, 2.05) is 0 Å². The molecule has 3 nitrogen and oxygen atoms in total. The van der Waals surface area contributed by atoms with E-state index >= 15 is 0 Å². The van der Waals surface area contributed by atoms with Gasteiger partial charge in [0.2, 0.25) is 5.75 Å². The van der Waals surface area contributed by atoms with Crippen molar-refractivity contribution in [3.8, 4) is 11.5 Å². The SMILES string of the molecule is FC1(F)Oc2ccnc(Cl)c2O1. The van der Waals surface area contributed by atoms with Crippen molar-refractivity contribution < 1.29 is 18.3 Å². The number of halogens is 3.